The third kappa shape index (κ3) is 3.66. The zero-order valence-corrected chi connectivity index (χ0v) is 10.3. The number of rotatable bonds is 6. The quantitative estimate of drug-likeness (QED) is 0.819. The number of hydrogen-bond acceptors (Lipinski definition) is 2. The molecule has 1 aromatic carbocycles. The maximum Gasteiger partial charge on any atom is 0.384 e. The Morgan fingerprint density at radius 1 is 1.35 bits per heavy atom. The number of carbonyl (C=O) groups is 1. The second-order valence-corrected chi connectivity index (χ2v) is 4.00. The Balaban J connectivity index is 3.09. The average molecular weight is 296 g/mol. The Kier molecular flexibility index (Phi) is 5.43. The molecule has 0 unspecified atom stereocenters. The van der Waals surface area contributed by atoms with Crippen LogP contribution in [0.4, 0.5) is 27.6 Å². The first-order valence-corrected chi connectivity index (χ1v) is 5.74. The van der Waals surface area contributed by atoms with E-state index in [9.17, 15) is 26.7 Å². The van der Waals surface area contributed by atoms with Crippen molar-refractivity contribution >= 4 is 11.6 Å². The maximum atomic E-state index is 13.1. The fourth-order valence-corrected chi connectivity index (χ4v) is 1.51. The lowest BCUT2D eigenvalue weighted by molar-refractivity contribution is -0.166. The van der Waals surface area contributed by atoms with Crippen LogP contribution in [-0.4, -0.2) is 31.3 Å². The number of anilines is 1. The molecule has 8 heteroatoms. The van der Waals surface area contributed by atoms with Gasteiger partial charge < -0.3 is 10.6 Å². The fraction of sp³-hybridized carbons (Fsp3) is 0.417. The molecule has 0 aromatic heterocycles. The van der Waals surface area contributed by atoms with Crippen LogP contribution in [0.3, 0.4) is 0 Å². The summed E-state index contributed by atoms with van der Waals surface area (Å²) >= 11 is 0. The summed E-state index contributed by atoms with van der Waals surface area (Å²) in [5, 5.41) is 0. The number of nitrogens with two attached hydrogens (primary N) is 1. The normalized spacial score (nSPS) is 11.8. The van der Waals surface area contributed by atoms with Crippen molar-refractivity contribution in [3.05, 3.63) is 30.1 Å². The summed E-state index contributed by atoms with van der Waals surface area (Å²) in [6.07, 6.45) is -4.02. The Labute approximate surface area is 112 Å². The monoisotopic (exact) mass is 296 g/mol. The van der Waals surface area contributed by atoms with Crippen LogP contribution in [0, 0.1) is 5.82 Å². The highest BCUT2D eigenvalue weighted by Gasteiger charge is 2.51. The minimum Gasteiger partial charge on any atom is -0.330 e. The largest absolute Gasteiger partial charge is 0.384 e. The number of benzene rings is 1. The molecule has 1 aromatic rings. The van der Waals surface area contributed by atoms with Crippen molar-refractivity contribution < 1.29 is 26.7 Å². The van der Waals surface area contributed by atoms with Crippen LogP contribution < -0.4 is 10.6 Å². The predicted molar refractivity (Wildman–Crippen MR) is 63.4 cm³/mol. The highest BCUT2D eigenvalue weighted by molar-refractivity contribution is 5.98. The lowest BCUT2D eigenvalue weighted by Crippen LogP contribution is -2.48. The van der Waals surface area contributed by atoms with Gasteiger partial charge in [0.1, 0.15) is 5.82 Å². The summed E-state index contributed by atoms with van der Waals surface area (Å²) in [5.74, 6) is -7.68. The maximum absolute atomic E-state index is 13.1. The van der Waals surface area contributed by atoms with E-state index in [2.05, 4.69) is 0 Å². The molecule has 0 saturated carbocycles. The zero-order valence-electron chi connectivity index (χ0n) is 10.3. The molecule has 112 valence electrons. The molecule has 20 heavy (non-hydrogen) atoms. The van der Waals surface area contributed by atoms with Crippen molar-refractivity contribution in [3.63, 3.8) is 0 Å². The standard InChI is InChI=1S/C12H13F5N2O/c13-8-3-1-4-9(7-8)19(6-2-5-18)11(20)12(16,17)10(14)15/h1,3-4,7,10H,2,5-6,18H2. The van der Waals surface area contributed by atoms with Gasteiger partial charge in [-0.2, -0.15) is 8.78 Å². The number of alkyl halides is 4. The summed E-state index contributed by atoms with van der Waals surface area (Å²) in [6, 6.07) is 4.23. The first kappa shape index (κ1) is 16.4. The molecule has 0 aliphatic rings. The van der Waals surface area contributed by atoms with E-state index in [0.29, 0.717) is 4.90 Å². The van der Waals surface area contributed by atoms with Crippen molar-refractivity contribution in [2.75, 3.05) is 18.0 Å². The van der Waals surface area contributed by atoms with Crippen molar-refractivity contribution in [1.82, 2.24) is 0 Å². The molecule has 2 N–H and O–H groups in total. The molecular formula is C12H13F5N2O. The van der Waals surface area contributed by atoms with E-state index in [-0.39, 0.29) is 25.2 Å². The highest BCUT2D eigenvalue weighted by atomic mass is 19.3. The summed E-state index contributed by atoms with van der Waals surface area (Å²) in [5.41, 5.74) is 4.99. The molecule has 0 bridgehead atoms. The van der Waals surface area contributed by atoms with Crippen LogP contribution in [0.15, 0.2) is 24.3 Å². The van der Waals surface area contributed by atoms with Gasteiger partial charge in [0.15, 0.2) is 0 Å². The van der Waals surface area contributed by atoms with E-state index < -0.39 is 24.1 Å². The van der Waals surface area contributed by atoms with Crippen LogP contribution in [0.5, 0.6) is 0 Å². The van der Waals surface area contributed by atoms with E-state index >= 15 is 0 Å². The van der Waals surface area contributed by atoms with Gasteiger partial charge in [0.05, 0.1) is 0 Å². The highest BCUT2D eigenvalue weighted by Crippen LogP contribution is 2.28. The van der Waals surface area contributed by atoms with E-state index in [0.717, 1.165) is 12.1 Å². The summed E-state index contributed by atoms with van der Waals surface area (Å²) < 4.78 is 63.8. The Bertz CT molecular complexity index is 467. The van der Waals surface area contributed by atoms with Gasteiger partial charge in [-0.15, -0.1) is 0 Å². The smallest absolute Gasteiger partial charge is 0.330 e. The number of amides is 1. The molecule has 0 aliphatic carbocycles. The fourth-order valence-electron chi connectivity index (χ4n) is 1.51. The molecule has 0 spiro atoms. The van der Waals surface area contributed by atoms with Gasteiger partial charge in [-0.05, 0) is 31.2 Å². The predicted octanol–water partition coefficient (Wildman–Crippen LogP) is 2.41. The molecule has 0 atom stereocenters. The number of nitrogens with zero attached hydrogens (tertiary/aromatic N) is 1. The summed E-state index contributed by atoms with van der Waals surface area (Å²) in [7, 11) is 0. The molecule has 0 aliphatic heterocycles. The van der Waals surface area contributed by atoms with Crippen molar-refractivity contribution in [2.45, 2.75) is 18.8 Å². The molecule has 0 heterocycles. The van der Waals surface area contributed by atoms with Gasteiger partial charge in [0, 0.05) is 12.2 Å². The van der Waals surface area contributed by atoms with Gasteiger partial charge in [-0.3, -0.25) is 4.79 Å². The molecule has 0 saturated heterocycles. The van der Waals surface area contributed by atoms with E-state index in [1.165, 1.54) is 12.1 Å². The molecule has 0 radical (unpaired) electrons. The van der Waals surface area contributed by atoms with E-state index in [1.807, 2.05) is 0 Å². The molecular weight excluding hydrogens is 283 g/mol. The van der Waals surface area contributed by atoms with Crippen molar-refractivity contribution in [2.24, 2.45) is 5.73 Å². The second-order valence-electron chi connectivity index (χ2n) is 4.00. The van der Waals surface area contributed by atoms with Crippen LogP contribution in [0.1, 0.15) is 6.42 Å². The molecule has 3 nitrogen and oxygen atoms in total. The van der Waals surface area contributed by atoms with Crippen LogP contribution >= 0.6 is 0 Å². The summed E-state index contributed by atoms with van der Waals surface area (Å²) in [6.45, 7) is -0.236. The van der Waals surface area contributed by atoms with Gasteiger partial charge in [-0.25, -0.2) is 13.2 Å². The Morgan fingerprint density at radius 2 is 2.00 bits per heavy atom. The van der Waals surface area contributed by atoms with Crippen molar-refractivity contribution in [1.29, 1.82) is 0 Å². The van der Waals surface area contributed by atoms with Crippen LogP contribution in [-0.2, 0) is 4.79 Å². The number of hydrogen-bond donors (Lipinski definition) is 1. The third-order valence-corrected chi connectivity index (χ3v) is 2.51. The average Bonchev–Trinajstić information content (AvgIpc) is 2.38. The van der Waals surface area contributed by atoms with Crippen LogP contribution in [0.25, 0.3) is 0 Å². The lowest BCUT2D eigenvalue weighted by atomic mass is 10.2. The topological polar surface area (TPSA) is 46.3 Å². The van der Waals surface area contributed by atoms with E-state index in [1.54, 1.807) is 0 Å². The Hall–Kier alpha value is -1.70. The minimum atomic E-state index is -4.83. The van der Waals surface area contributed by atoms with Gasteiger partial charge in [0.25, 0.3) is 0 Å². The SMILES string of the molecule is NCCCN(C(=O)C(F)(F)C(F)F)c1cccc(F)c1. The third-order valence-electron chi connectivity index (χ3n) is 2.51. The first-order chi connectivity index (χ1) is 9.30. The molecule has 0 fully saturated rings. The minimum absolute atomic E-state index is 0.0688. The molecule has 1 amide bonds. The Morgan fingerprint density at radius 3 is 2.50 bits per heavy atom. The van der Waals surface area contributed by atoms with Crippen molar-refractivity contribution in [3.8, 4) is 0 Å². The zero-order chi connectivity index (χ0) is 15.3. The summed E-state index contributed by atoms with van der Waals surface area (Å²) in [4.78, 5) is 12.0. The second kappa shape index (κ2) is 6.65. The van der Waals surface area contributed by atoms with Gasteiger partial charge in [-0.1, -0.05) is 6.07 Å². The van der Waals surface area contributed by atoms with Gasteiger partial charge >= 0.3 is 18.3 Å². The van der Waals surface area contributed by atoms with Gasteiger partial charge in [0.2, 0.25) is 0 Å². The number of carbonyl (C=O) groups excluding carboxylic acids is 1. The first-order valence-electron chi connectivity index (χ1n) is 5.74. The lowest BCUT2D eigenvalue weighted by Gasteiger charge is -2.26. The number of halogens is 5. The molecule has 1 rings (SSSR count). The van der Waals surface area contributed by atoms with Crippen LogP contribution in [0.2, 0.25) is 0 Å². The van der Waals surface area contributed by atoms with E-state index in [4.69, 9.17) is 5.73 Å².